The van der Waals surface area contributed by atoms with Crippen LogP contribution in [-0.4, -0.2) is 33.5 Å². The monoisotopic (exact) mass is 524 g/mol. The molecule has 11 heteroatoms. The summed E-state index contributed by atoms with van der Waals surface area (Å²) in [4.78, 5) is 12.3. The van der Waals surface area contributed by atoms with Gasteiger partial charge in [-0.15, -0.1) is 16.8 Å². The van der Waals surface area contributed by atoms with Crippen LogP contribution in [0, 0.1) is 11.6 Å². The molecular formula is C21H19BrF2N4O3S. The van der Waals surface area contributed by atoms with Crippen molar-refractivity contribution in [2.24, 2.45) is 0 Å². The first-order valence-corrected chi connectivity index (χ1v) is 11.1. The number of amides is 1. The van der Waals surface area contributed by atoms with E-state index < -0.39 is 17.5 Å². The average Bonchev–Trinajstić information content (AvgIpc) is 3.15. The zero-order valence-electron chi connectivity index (χ0n) is 17.0. The SMILES string of the molecule is C=CCn1c(COc2ccccc2OC)nnc1SCC(=O)Nc1c(F)cc(F)cc1Br. The lowest BCUT2D eigenvalue weighted by Gasteiger charge is -2.11. The van der Waals surface area contributed by atoms with E-state index in [2.05, 4.69) is 38.0 Å². The second-order valence-corrected chi connectivity index (χ2v) is 8.12. The fourth-order valence-electron chi connectivity index (χ4n) is 2.69. The normalized spacial score (nSPS) is 10.6. The molecule has 0 aliphatic heterocycles. The third-order valence-corrected chi connectivity index (χ3v) is 5.73. The molecule has 0 saturated heterocycles. The highest BCUT2D eigenvalue weighted by molar-refractivity contribution is 9.10. The van der Waals surface area contributed by atoms with Crippen LogP contribution in [0.5, 0.6) is 11.5 Å². The zero-order chi connectivity index (χ0) is 23.1. The summed E-state index contributed by atoms with van der Waals surface area (Å²) in [5.41, 5.74) is -0.129. The van der Waals surface area contributed by atoms with Crippen LogP contribution in [-0.2, 0) is 17.9 Å². The summed E-state index contributed by atoms with van der Waals surface area (Å²) < 4.78 is 40.1. The number of hydrogen-bond donors (Lipinski definition) is 1. The molecule has 2 aromatic carbocycles. The summed E-state index contributed by atoms with van der Waals surface area (Å²) >= 11 is 4.16. The number of anilines is 1. The summed E-state index contributed by atoms with van der Waals surface area (Å²) in [7, 11) is 1.55. The van der Waals surface area contributed by atoms with Crippen LogP contribution in [0.4, 0.5) is 14.5 Å². The van der Waals surface area contributed by atoms with Crippen LogP contribution in [0.25, 0.3) is 0 Å². The predicted octanol–water partition coefficient (Wildman–Crippen LogP) is 4.82. The summed E-state index contributed by atoms with van der Waals surface area (Å²) in [6.07, 6.45) is 1.67. The first kappa shape index (κ1) is 23.7. The van der Waals surface area contributed by atoms with Crippen LogP contribution in [0.15, 0.2) is 58.7 Å². The molecule has 1 amide bonds. The lowest BCUT2D eigenvalue weighted by molar-refractivity contribution is -0.113. The van der Waals surface area contributed by atoms with E-state index in [0.29, 0.717) is 35.1 Å². The molecule has 3 aromatic rings. The number of benzene rings is 2. The summed E-state index contributed by atoms with van der Waals surface area (Å²) in [6.45, 7) is 4.27. The number of hydrogen-bond acceptors (Lipinski definition) is 6. The molecule has 0 spiro atoms. The molecule has 1 heterocycles. The van der Waals surface area contributed by atoms with Gasteiger partial charge in [0, 0.05) is 17.1 Å². The summed E-state index contributed by atoms with van der Waals surface area (Å²) in [5.74, 6) is -0.488. The molecule has 0 aliphatic rings. The third-order valence-electron chi connectivity index (χ3n) is 4.13. The molecule has 32 heavy (non-hydrogen) atoms. The Hall–Kier alpha value is -2.92. The van der Waals surface area contributed by atoms with E-state index in [1.54, 1.807) is 29.9 Å². The highest BCUT2D eigenvalue weighted by Gasteiger charge is 2.17. The number of thioether (sulfide) groups is 1. The van der Waals surface area contributed by atoms with E-state index in [1.165, 1.54) is 0 Å². The molecule has 0 saturated carbocycles. The van der Waals surface area contributed by atoms with Gasteiger partial charge in [0.15, 0.2) is 28.3 Å². The smallest absolute Gasteiger partial charge is 0.234 e. The van der Waals surface area contributed by atoms with Gasteiger partial charge >= 0.3 is 0 Å². The van der Waals surface area contributed by atoms with Gasteiger partial charge in [0.2, 0.25) is 5.91 Å². The van der Waals surface area contributed by atoms with E-state index in [1.807, 2.05) is 12.1 Å². The van der Waals surface area contributed by atoms with Crippen LogP contribution in [0.2, 0.25) is 0 Å². The number of rotatable bonds is 10. The second kappa shape index (κ2) is 11.1. The molecule has 3 rings (SSSR count). The molecule has 0 unspecified atom stereocenters. The largest absolute Gasteiger partial charge is 0.493 e. The van der Waals surface area contributed by atoms with E-state index >= 15 is 0 Å². The lowest BCUT2D eigenvalue weighted by Crippen LogP contribution is -2.16. The molecule has 7 nitrogen and oxygen atoms in total. The van der Waals surface area contributed by atoms with Gasteiger partial charge < -0.3 is 14.8 Å². The first-order valence-electron chi connectivity index (χ1n) is 9.29. The standard InChI is InChI=1S/C21H19BrF2N4O3S/c1-3-8-28-18(11-31-17-7-5-4-6-16(17)30-2)26-27-21(28)32-12-19(29)25-20-14(22)9-13(23)10-15(20)24/h3-7,9-10H,1,8,11-12H2,2H3,(H,25,29). The average molecular weight is 525 g/mol. The van der Waals surface area contributed by atoms with Gasteiger partial charge in [-0.3, -0.25) is 9.36 Å². The van der Waals surface area contributed by atoms with Gasteiger partial charge in [0.25, 0.3) is 0 Å². The molecule has 0 atom stereocenters. The maximum atomic E-state index is 13.9. The summed E-state index contributed by atoms with van der Waals surface area (Å²) in [5, 5.41) is 11.2. The zero-order valence-corrected chi connectivity index (χ0v) is 19.4. The van der Waals surface area contributed by atoms with Crippen molar-refractivity contribution in [1.29, 1.82) is 0 Å². The van der Waals surface area contributed by atoms with Crippen molar-refractivity contribution in [2.45, 2.75) is 18.3 Å². The minimum Gasteiger partial charge on any atom is -0.493 e. The second-order valence-electron chi connectivity index (χ2n) is 6.32. The first-order chi connectivity index (χ1) is 15.4. The van der Waals surface area contributed by atoms with Crippen molar-refractivity contribution in [3.05, 3.63) is 71.0 Å². The number of ether oxygens (including phenoxy) is 2. The Morgan fingerprint density at radius 3 is 2.72 bits per heavy atom. The number of nitrogens with one attached hydrogen (secondary N) is 1. The lowest BCUT2D eigenvalue weighted by atomic mass is 10.3. The molecule has 1 N–H and O–H groups in total. The van der Waals surface area contributed by atoms with Crippen LogP contribution in [0.3, 0.4) is 0 Å². The number of allylic oxidation sites excluding steroid dienone is 1. The van der Waals surface area contributed by atoms with Gasteiger partial charge in [-0.05, 0) is 34.1 Å². The van der Waals surface area contributed by atoms with Crippen LogP contribution >= 0.6 is 27.7 Å². The maximum absolute atomic E-state index is 13.9. The van der Waals surface area contributed by atoms with E-state index in [9.17, 15) is 13.6 Å². The summed E-state index contributed by atoms with van der Waals surface area (Å²) in [6, 6.07) is 8.99. The van der Waals surface area contributed by atoms with Gasteiger partial charge in [0.1, 0.15) is 12.4 Å². The minimum absolute atomic E-state index is 0.0636. The van der Waals surface area contributed by atoms with Crippen LogP contribution < -0.4 is 14.8 Å². The van der Waals surface area contributed by atoms with Gasteiger partial charge in [0.05, 0.1) is 18.6 Å². The van der Waals surface area contributed by atoms with Crippen molar-refractivity contribution in [3.63, 3.8) is 0 Å². The number of para-hydroxylation sites is 2. The number of carbonyl (C=O) groups excluding carboxylic acids is 1. The fraction of sp³-hybridized carbons (Fsp3) is 0.190. The highest BCUT2D eigenvalue weighted by Crippen LogP contribution is 2.28. The Kier molecular flexibility index (Phi) is 8.23. The number of aromatic nitrogens is 3. The van der Waals surface area contributed by atoms with E-state index in [4.69, 9.17) is 9.47 Å². The molecule has 1 aromatic heterocycles. The highest BCUT2D eigenvalue weighted by atomic mass is 79.9. The van der Waals surface area contributed by atoms with E-state index in [-0.39, 0.29) is 22.5 Å². The Labute approximate surface area is 195 Å². The van der Waals surface area contributed by atoms with Crippen LogP contribution in [0.1, 0.15) is 5.82 Å². The molecule has 0 radical (unpaired) electrons. The Morgan fingerprint density at radius 1 is 1.28 bits per heavy atom. The van der Waals surface area contributed by atoms with Crippen molar-refractivity contribution in [2.75, 3.05) is 18.2 Å². The fourth-order valence-corrected chi connectivity index (χ4v) is 3.97. The topological polar surface area (TPSA) is 78.3 Å². The molecular weight excluding hydrogens is 506 g/mol. The van der Waals surface area contributed by atoms with Crippen molar-refractivity contribution in [1.82, 2.24) is 14.8 Å². The molecule has 0 fully saturated rings. The number of nitrogens with zero attached hydrogens (tertiary/aromatic N) is 3. The maximum Gasteiger partial charge on any atom is 0.234 e. The quantitative estimate of drug-likeness (QED) is 0.302. The molecule has 0 aliphatic carbocycles. The Morgan fingerprint density at radius 2 is 2.03 bits per heavy atom. The molecule has 0 bridgehead atoms. The van der Waals surface area contributed by atoms with E-state index in [0.717, 1.165) is 17.8 Å². The van der Waals surface area contributed by atoms with Crippen molar-refractivity contribution >= 4 is 39.3 Å². The predicted molar refractivity (Wildman–Crippen MR) is 121 cm³/mol. The number of carbonyl (C=O) groups is 1. The molecule has 168 valence electrons. The van der Waals surface area contributed by atoms with Crippen molar-refractivity contribution < 1.29 is 23.0 Å². The minimum atomic E-state index is -0.874. The number of methoxy groups -OCH3 is 1. The number of halogens is 3. The van der Waals surface area contributed by atoms with Gasteiger partial charge in [-0.1, -0.05) is 30.0 Å². The Bertz CT molecular complexity index is 1100. The van der Waals surface area contributed by atoms with Crippen molar-refractivity contribution in [3.8, 4) is 11.5 Å². The third kappa shape index (κ3) is 5.86. The Balaban J connectivity index is 1.66. The van der Waals surface area contributed by atoms with Gasteiger partial charge in [-0.25, -0.2) is 8.78 Å². The van der Waals surface area contributed by atoms with Gasteiger partial charge in [-0.2, -0.15) is 0 Å².